The van der Waals surface area contributed by atoms with Crippen molar-refractivity contribution in [1.29, 1.82) is 0 Å². The van der Waals surface area contributed by atoms with E-state index < -0.39 is 6.04 Å². The van der Waals surface area contributed by atoms with Crippen LogP contribution in [0.2, 0.25) is 5.02 Å². The Morgan fingerprint density at radius 3 is 2.63 bits per heavy atom. The second-order valence-corrected chi connectivity index (χ2v) is 5.07. The number of urea groups is 1. The molecule has 0 spiro atoms. The van der Waals surface area contributed by atoms with Crippen LogP contribution in [0.1, 0.15) is 11.6 Å². The predicted octanol–water partition coefficient (Wildman–Crippen LogP) is 1.42. The average Bonchev–Trinajstić information content (AvgIpc) is 2.65. The zero-order chi connectivity index (χ0) is 13.6. The third-order valence-corrected chi connectivity index (χ3v) is 3.58. The first-order valence-electron chi connectivity index (χ1n) is 5.88. The summed E-state index contributed by atoms with van der Waals surface area (Å²) in [5.74, 6) is -0.0672. The highest BCUT2D eigenvalue weighted by Gasteiger charge is 2.38. The van der Waals surface area contributed by atoms with E-state index >= 15 is 0 Å². The Hall–Kier alpha value is -2.01. The van der Waals surface area contributed by atoms with Crippen molar-refractivity contribution in [2.45, 2.75) is 6.04 Å². The summed E-state index contributed by atoms with van der Waals surface area (Å²) in [6.45, 7) is 0.436. The van der Waals surface area contributed by atoms with Gasteiger partial charge in [-0.3, -0.25) is 4.79 Å². The van der Waals surface area contributed by atoms with Gasteiger partial charge in [-0.2, -0.15) is 0 Å². The molecule has 0 aromatic heterocycles. The highest BCUT2D eigenvalue weighted by molar-refractivity contribution is 6.30. The fourth-order valence-corrected chi connectivity index (χ4v) is 2.54. The van der Waals surface area contributed by atoms with Crippen molar-refractivity contribution >= 4 is 23.5 Å². The second-order valence-electron chi connectivity index (χ2n) is 4.64. The van der Waals surface area contributed by atoms with E-state index in [1.807, 2.05) is 12.1 Å². The van der Waals surface area contributed by atoms with E-state index in [0.717, 1.165) is 5.56 Å². The molecule has 6 heteroatoms. The second kappa shape index (κ2) is 4.28. The van der Waals surface area contributed by atoms with Gasteiger partial charge in [-0.1, -0.05) is 23.7 Å². The summed E-state index contributed by atoms with van der Waals surface area (Å²) in [5, 5.41) is 6.09. The van der Waals surface area contributed by atoms with Crippen LogP contribution in [0.15, 0.2) is 35.5 Å². The molecule has 0 fully saturated rings. The maximum Gasteiger partial charge on any atom is 0.319 e. The Morgan fingerprint density at radius 1 is 1.26 bits per heavy atom. The summed E-state index contributed by atoms with van der Waals surface area (Å²) >= 11 is 5.86. The predicted molar refractivity (Wildman–Crippen MR) is 70.5 cm³/mol. The minimum Gasteiger partial charge on any atom is -0.336 e. The van der Waals surface area contributed by atoms with E-state index in [1.54, 1.807) is 24.1 Å². The topological polar surface area (TPSA) is 61.4 Å². The molecule has 19 heavy (non-hydrogen) atoms. The third kappa shape index (κ3) is 1.96. The molecular weight excluding hydrogens is 266 g/mol. The maximum atomic E-state index is 12.1. The molecule has 1 atom stereocenters. The van der Waals surface area contributed by atoms with Crippen LogP contribution in [0.4, 0.5) is 4.79 Å². The minimum absolute atomic E-state index is 0.0672. The Balaban J connectivity index is 2.04. The standard InChI is InChI=1S/C13H12ClN3O2/c1-17-6-9-10(12(17)18)11(16-13(19)15-9)7-2-4-8(14)5-3-7/h2-5,11H,6H2,1H3,(H2,15,16,19)/t11-/m0/s1. The molecular formula is C13H12ClN3O2. The van der Waals surface area contributed by atoms with Gasteiger partial charge in [-0.15, -0.1) is 0 Å². The van der Waals surface area contributed by atoms with Crippen molar-refractivity contribution < 1.29 is 9.59 Å². The van der Waals surface area contributed by atoms with Crippen LogP contribution in [0.5, 0.6) is 0 Å². The number of hydrogen-bond acceptors (Lipinski definition) is 2. The third-order valence-electron chi connectivity index (χ3n) is 3.33. The zero-order valence-electron chi connectivity index (χ0n) is 10.2. The number of nitrogens with zero attached hydrogens (tertiary/aromatic N) is 1. The average molecular weight is 278 g/mol. The molecule has 98 valence electrons. The highest BCUT2D eigenvalue weighted by Crippen LogP contribution is 2.32. The molecule has 0 aliphatic carbocycles. The summed E-state index contributed by atoms with van der Waals surface area (Å²) in [6.07, 6.45) is 0. The van der Waals surface area contributed by atoms with Gasteiger partial charge in [0.2, 0.25) is 0 Å². The van der Waals surface area contributed by atoms with Gasteiger partial charge >= 0.3 is 6.03 Å². The van der Waals surface area contributed by atoms with Gasteiger partial charge in [-0.05, 0) is 17.7 Å². The Kier molecular flexibility index (Phi) is 2.71. The number of hydrogen-bond donors (Lipinski definition) is 2. The number of carbonyl (C=O) groups excluding carboxylic acids is 2. The lowest BCUT2D eigenvalue weighted by molar-refractivity contribution is -0.124. The lowest BCUT2D eigenvalue weighted by atomic mass is 9.96. The number of likely N-dealkylation sites (N-methyl/N-ethyl adjacent to an activating group) is 1. The molecule has 0 bridgehead atoms. The summed E-state index contributed by atoms with van der Waals surface area (Å²) in [5.41, 5.74) is 2.12. The number of amides is 3. The molecule has 2 heterocycles. The molecule has 5 nitrogen and oxygen atoms in total. The first-order chi connectivity index (χ1) is 9.06. The van der Waals surface area contributed by atoms with Gasteiger partial charge in [0.05, 0.1) is 23.9 Å². The fourth-order valence-electron chi connectivity index (χ4n) is 2.42. The summed E-state index contributed by atoms with van der Waals surface area (Å²) < 4.78 is 0. The van der Waals surface area contributed by atoms with Crippen LogP contribution >= 0.6 is 11.6 Å². The van der Waals surface area contributed by atoms with Gasteiger partial charge in [0.15, 0.2) is 0 Å². The largest absolute Gasteiger partial charge is 0.336 e. The maximum absolute atomic E-state index is 12.1. The van der Waals surface area contributed by atoms with Gasteiger partial charge in [0, 0.05) is 12.1 Å². The number of halogens is 1. The lowest BCUT2D eigenvalue weighted by Crippen LogP contribution is -2.44. The summed E-state index contributed by atoms with van der Waals surface area (Å²) in [6, 6.07) is 6.41. The summed E-state index contributed by atoms with van der Waals surface area (Å²) in [7, 11) is 1.71. The first kappa shape index (κ1) is 12.0. The van der Waals surface area contributed by atoms with Crippen LogP contribution in [0.25, 0.3) is 0 Å². The van der Waals surface area contributed by atoms with Crippen LogP contribution in [0, 0.1) is 0 Å². The monoisotopic (exact) mass is 277 g/mol. The van der Waals surface area contributed by atoms with E-state index in [0.29, 0.717) is 22.8 Å². The number of rotatable bonds is 1. The molecule has 2 aliphatic heterocycles. The highest BCUT2D eigenvalue weighted by atomic mass is 35.5. The van der Waals surface area contributed by atoms with E-state index in [9.17, 15) is 9.59 Å². The number of benzene rings is 1. The molecule has 0 unspecified atom stereocenters. The Morgan fingerprint density at radius 2 is 1.95 bits per heavy atom. The molecule has 2 N–H and O–H groups in total. The van der Waals surface area contributed by atoms with E-state index in [4.69, 9.17) is 11.6 Å². The Labute approximate surface area is 115 Å². The molecule has 1 aromatic rings. The molecule has 0 saturated carbocycles. The smallest absolute Gasteiger partial charge is 0.319 e. The number of carbonyl (C=O) groups is 2. The molecule has 1 aromatic carbocycles. The lowest BCUT2D eigenvalue weighted by Gasteiger charge is -2.25. The molecule has 0 saturated heterocycles. The van der Waals surface area contributed by atoms with Gasteiger partial charge in [0.1, 0.15) is 0 Å². The van der Waals surface area contributed by atoms with E-state index in [2.05, 4.69) is 10.6 Å². The van der Waals surface area contributed by atoms with Gasteiger partial charge < -0.3 is 15.5 Å². The van der Waals surface area contributed by atoms with Crippen molar-refractivity contribution in [3.8, 4) is 0 Å². The summed E-state index contributed by atoms with van der Waals surface area (Å²) in [4.78, 5) is 25.4. The number of nitrogens with one attached hydrogen (secondary N) is 2. The molecule has 3 amide bonds. The fraction of sp³-hybridized carbons (Fsp3) is 0.231. The van der Waals surface area contributed by atoms with Crippen LogP contribution in [-0.4, -0.2) is 30.4 Å². The SMILES string of the molecule is CN1CC2=C(C1=O)[C@H](c1ccc(Cl)cc1)NC(=O)N2. The van der Waals surface area contributed by atoms with E-state index in [-0.39, 0.29) is 11.9 Å². The normalized spacial score (nSPS) is 22.2. The Bertz CT molecular complexity index is 594. The van der Waals surface area contributed by atoms with Crippen molar-refractivity contribution in [3.05, 3.63) is 46.1 Å². The quantitative estimate of drug-likeness (QED) is 0.815. The van der Waals surface area contributed by atoms with Gasteiger partial charge in [0.25, 0.3) is 5.91 Å². The molecule has 2 aliphatic rings. The minimum atomic E-state index is -0.418. The van der Waals surface area contributed by atoms with Crippen molar-refractivity contribution in [2.24, 2.45) is 0 Å². The van der Waals surface area contributed by atoms with Crippen LogP contribution in [0.3, 0.4) is 0 Å². The van der Waals surface area contributed by atoms with Crippen molar-refractivity contribution in [3.63, 3.8) is 0 Å². The van der Waals surface area contributed by atoms with E-state index in [1.165, 1.54) is 0 Å². The molecule has 3 rings (SSSR count). The van der Waals surface area contributed by atoms with Crippen LogP contribution < -0.4 is 10.6 Å². The van der Waals surface area contributed by atoms with Gasteiger partial charge in [-0.25, -0.2) is 4.79 Å². The first-order valence-corrected chi connectivity index (χ1v) is 6.25. The van der Waals surface area contributed by atoms with Crippen molar-refractivity contribution in [1.82, 2.24) is 15.5 Å². The zero-order valence-corrected chi connectivity index (χ0v) is 11.0. The van der Waals surface area contributed by atoms with Crippen molar-refractivity contribution in [2.75, 3.05) is 13.6 Å². The molecule has 0 radical (unpaired) electrons. The van der Waals surface area contributed by atoms with Crippen LogP contribution in [-0.2, 0) is 4.79 Å².